The Labute approximate surface area is 176 Å². The molecule has 0 aliphatic carbocycles. The normalized spacial score (nSPS) is 14.2. The topological polar surface area (TPSA) is 63.7 Å². The predicted molar refractivity (Wildman–Crippen MR) is 117 cm³/mol. The monoisotopic (exact) mass is 403 g/mol. The zero-order chi connectivity index (χ0) is 21.1. The number of methoxy groups -OCH3 is 1. The first kappa shape index (κ1) is 19.8. The van der Waals surface area contributed by atoms with Gasteiger partial charge in [-0.2, -0.15) is 0 Å². The number of aromatic nitrogens is 1. The Morgan fingerprint density at radius 1 is 1.07 bits per heavy atom. The molecule has 0 fully saturated rings. The number of hydrogen-bond acceptors (Lipinski definition) is 5. The third kappa shape index (κ3) is 4.22. The molecule has 0 unspecified atom stereocenters. The van der Waals surface area contributed by atoms with Crippen LogP contribution in [0.4, 0.5) is 16.2 Å². The van der Waals surface area contributed by atoms with Crippen LogP contribution in [-0.2, 0) is 12.0 Å². The summed E-state index contributed by atoms with van der Waals surface area (Å²) >= 11 is 0. The lowest BCUT2D eigenvalue weighted by atomic mass is 9.87. The summed E-state index contributed by atoms with van der Waals surface area (Å²) in [6, 6.07) is 17.0. The minimum absolute atomic E-state index is 0.0474. The molecule has 1 aliphatic rings. The molecule has 1 amide bonds. The number of rotatable bonds is 5. The number of benzene rings is 2. The molecule has 0 saturated carbocycles. The van der Waals surface area contributed by atoms with Gasteiger partial charge >= 0.3 is 6.09 Å². The Hall–Kier alpha value is -3.54. The van der Waals surface area contributed by atoms with Crippen LogP contribution in [0, 0.1) is 0 Å². The van der Waals surface area contributed by atoms with Gasteiger partial charge in [0.15, 0.2) is 0 Å². The highest BCUT2D eigenvalue weighted by Gasteiger charge is 2.35. The third-order valence-corrected chi connectivity index (χ3v) is 5.29. The minimum atomic E-state index is -0.524. The first-order chi connectivity index (χ1) is 14.4. The summed E-state index contributed by atoms with van der Waals surface area (Å²) in [5.41, 5.74) is 4.15. The number of amides is 1. The Balaban J connectivity index is 1.48. The van der Waals surface area contributed by atoms with E-state index in [4.69, 9.17) is 9.47 Å². The van der Waals surface area contributed by atoms with E-state index in [9.17, 15) is 4.79 Å². The second kappa shape index (κ2) is 8.06. The maximum absolute atomic E-state index is 12.3. The standard InChI is InChI=1S/C24H25N3O3/c1-24(2)16-27(15-17-10-12-25-13-11-17)22-9-8-20(14-21(22)24)30-23(28)26-18-4-6-19(29-3)7-5-18/h4-14H,15-16H2,1-3H3,(H,26,28). The highest BCUT2D eigenvalue weighted by molar-refractivity contribution is 5.86. The van der Waals surface area contributed by atoms with E-state index < -0.39 is 6.09 Å². The molecule has 1 N–H and O–H groups in total. The van der Waals surface area contributed by atoms with Gasteiger partial charge in [-0.15, -0.1) is 0 Å². The summed E-state index contributed by atoms with van der Waals surface area (Å²) in [5.74, 6) is 1.25. The molecular weight excluding hydrogens is 378 g/mol. The van der Waals surface area contributed by atoms with E-state index in [2.05, 4.69) is 29.0 Å². The third-order valence-electron chi connectivity index (χ3n) is 5.29. The Morgan fingerprint density at radius 3 is 2.47 bits per heavy atom. The summed E-state index contributed by atoms with van der Waals surface area (Å²) in [4.78, 5) is 18.8. The lowest BCUT2D eigenvalue weighted by Crippen LogP contribution is -2.28. The molecule has 4 rings (SSSR count). The van der Waals surface area contributed by atoms with Crippen molar-refractivity contribution in [3.63, 3.8) is 0 Å². The Morgan fingerprint density at radius 2 is 1.77 bits per heavy atom. The lowest BCUT2D eigenvalue weighted by Gasteiger charge is -2.22. The minimum Gasteiger partial charge on any atom is -0.497 e. The average molecular weight is 403 g/mol. The van der Waals surface area contributed by atoms with Crippen LogP contribution in [0.3, 0.4) is 0 Å². The number of fused-ring (bicyclic) bond motifs is 1. The molecule has 0 atom stereocenters. The van der Waals surface area contributed by atoms with Gasteiger partial charge in [0.2, 0.25) is 0 Å². The van der Waals surface area contributed by atoms with Crippen molar-refractivity contribution in [2.75, 3.05) is 23.9 Å². The summed E-state index contributed by atoms with van der Waals surface area (Å²) in [5, 5.41) is 2.74. The number of anilines is 2. The highest BCUT2D eigenvalue weighted by atomic mass is 16.6. The maximum Gasteiger partial charge on any atom is 0.417 e. The quantitative estimate of drug-likeness (QED) is 0.650. The van der Waals surface area contributed by atoms with E-state index >= 15 is 0 Å². The number of ether oxygens (including phenoxy) is 2. The smallest absolute Gasteiger partial charge is 0.417 e. The van der Waals surface area contributed by atoms with Crippen molar-refractivity contribution in [2.45, 2.75) is 25.8 Å². The van der Waals surface area contributed by atoms with Gasteiger partial charge in [0, 0.05) is 42.3 Å². The molecule has 1 aliphatic heterocycles. The Bertz CT molecular complexity index is 1030. The number of nitrogens with zero attached hydrogens (tertiary/aromatic N) is 2. The molecule has 0 bridgehead atoms. The second-order valence-electron chi connectivity index (χ2n) is 8.02. The fourth-order valence-corrected chi connectivity index (χ4v) is 3.82. The van der Waals surface area contributed by atoms with Crippen molar-refractivity contribution >= 4 is 17.5 Å². The van der Waals surface area contributed by atoms with Crippen LogP contribution in [0.1, 0.15) is 25.0 Å². The predicted octanol–water partition coefficient (Wildman–Crippen LogP) is 5.00. The van der Waals surface area contributed by atoms with Gasteiger partial charge in [-0.25, -0.2) is 4.79 Å². The fraction of sp³-hybridized carbons (Fsp3) is 0.250. The van der Waals surface area contributed by atoms with E-state index in [-0.39, 0.29) is 5.41 Å². The van der Waals surface area contributed by atoms with Crippen LogP contribution >= 0.6 is 0 Å². The van der Waals surface area contributed by atoms with Gasteiger partial charge in [0.1, 0.15) is 11.5 Å². The van der Waals surface area contributed by atoms with E-state index in [0.717, 1.165) is 18.8 Å². The largest absolute Gasteiger partial charge is 0.497 e. The number of carbonyl (C=O) groups excluding carboxylic acids is 1. The van der Waals surface area contributed by atoms with Gasteiger partial charge in [-0.3, -0.25) is 10.3 Å². The highest BCUT2D eigenvalue weighted by Crippen LogP contribution is 2.42. The molecular formula is C24H25N3O3. The Kier molecular flexibility index (Phi) is 5.31. The van der Waals surface area contributed by atoms with Crippen molar-refractivity contribution in [3.05, 3.63) is 78.1 Å². The van der Waals surface area contributed by atoms with E-state index in [0.29, 0.717) is 11.4 Å². The van der Waals surface area contributed by atoms with Gasteiger partial charge < -0.3 is 14.4 Å². The zero-order valence-corrected chi connectivity index (χ0v) is 17.4. The van der Waals surface area contributed by atoms with Crippen LogP contribution < -0.4 is 19.7 Å². The molecule has 0 saturated heterocycles. The fourth-order valence-electron chi connectivity index (χ4n) is 3.82. The first-order valence-electron chi connectivity index (χ1n) is 9.86. The van der Waals surface area contributed by atoms with Gasteiger partial charge in [0.05, 0.1) is 7.11 Å². The maximum atomic E-state index is 12.3. The van der Waals surface area contributed by atoms with Crippen molar-refractivity contribution < 1.29 is 14.3 Å². The van der Waals surface area contributed by atoms with Crippen molar-refractivity contribution in [1.82, 2.24) is 4.98 Å². The molecule has 6 heteroatoms. The van der Waals surface area contributed by atoms with Gasteiger partial charge in [-0.1, -0.05) is 13.8 Å². The SMILES string of the molecule is COc1ccc(NC(=O)Oc2ccc3c(c2)C(C)(C)CN3Cc2ccncc2)cc1. The molecule has 154 valence electrons. The van der Waals surface area contributed by atoms with Crippen molar-refractivity contribution in [3.8, 4) is 11.5 Å². The zero-order valence-electron chi connectivity index (χ0n) is 17.4. The number of nitrogens with one attached hydrogen (secondary N) is 1. The summed E-state index contributed by atoms with van der Waals surface area (Å²) in [6.45, 7) is 6.13. The van der Waals surface area contributed by atoms with Crippen LogP contribution in [0.15, 0.2) is 67.0 Å². The number of carbonyl (C=O) groups is 1. The van der Waals surface area contributed by atoms with Crippen LogP contribution in [-0.4, -0.2) is 24.7 Å². The number of pyridine rings is 1. The van der Waals surface area contributed by atoms with Crippen molar-refractivity contribution in [1.29, 1.82) is 0 Å². The average Bonchev–Trinajstić information content (AvgIpc) is 2.98. The van der Waals surface area contributed by atoms with E-state index in [1.54, 1.807) is 31.4 Å². The van der Waals surface area contributed by atoms with Crippen molar-refractivity contribution in [2.24, 2.45) is 0 Å². The van der Waals surface area contributed by atoms with Gasteiger partial charge in [0.25, 0.3) is 0 Å². The van der Waals surface area contributed by atoms with Crippen LogP contribution in [0.25, 0.3) is 0 Å². The van der Waals surface area contributed by atoms with Gasteiger partial charge in [-0.05, 0) is 65.7 Å². The van der Waals surface area contributed by atoms with E-state index in [1.807, 2.05) is 42.7 Å². The van der Waals surface area contributed by atoms with E-state index in [1.165, 1.54) is 16.8 Å². The summed E-state index contributed by atoms with van der Waals surface area (Å²) in [7, 11) is 1.60. The second-order valence-corrected chi connectivity index (χ2v) is 8.02. The molecule has 0 spiro atoms. The molecule has 2 aromatic carbocycles. The molecule has 3 aromatic rings. The first-order valence-corrected chi connectivity index (χ1v) is 9.86. The summed E-state index contributed by atoms with van der Waals surface area (Å²) in [6.07, 6.45) is 3.11. The molecule has 0 radical (unpaired) electrons. The molecule has 2 heterocycles. The van der Waals surface area contributed by atoms with Crippen LogP contribution in [0.2, 0.25) is 0 Å². The molecule has 30 heavy (non-hydrogen) atoms. The summed E-state index contributed by atoms with van der Waals surface area (Å²) < 4.78 is 10.7. The number of hydrogen-bond donors (Lipinski definition) is 1. The lowest BCUT2D eigenvalue weighted by molar-refractivity contribution is 0.215. The molecule has 1 aromatic heterocycles. The van der Waals surface area contributed by atoms with Crippen LogP contribution in [0.5, 0.6) is 11.5 Å². The molecule has 6 nitrogen and oxygen atoms in total.